The van der Waals surface area contributed by atoms with E-state index in [0.29, 0.717) is 13.2 Å². The lowest BCUT2D eigenvalue weighted by Crippen LogP contribution is -2.07. The molecule has 0 N–H and O–H groups in total. The highest BCUT2D eigenvalue weighted by molar-refractivity contribution is 5.96. The highest BCUT2D eigenvalue weighted by Crippen LogP contribution is 2.42. The molecular formula is C18H20O2. The van der Waals surface area contributed by atoms with Gasteiger partial charge in [0.2, 0.25) is 0 Å². The number of allylic oxidation sites excluding steroid dienone is 2. The van der Waals surface area contributed by atoms with Gasteiger partial charge >= 0.3 is 0 Å². The lowest BCUT2D eigenvalue weighted by Gasteiger charge is -2.22. The maximum absolute atomic E-state index is 5.96. The summed E-state index contributed by atoms with van der Waals surface area (Å²) in [5, 5.41) is 2.32. The minimum atomic E-state index is 0.689. The SMILES string of the molecule is CCOc1c2c(c(OCC)c3ccccc13)CC=CC2. The van der Waals surface area contributed by atoms with Crippen molar-refractivity contribution in [2.75, 3.05) is 13.2 Å². The molecule has 0 atom stereocenters. The summed E-state index contributed by atoms with van der Waals surface area (Å²) in [6.07, 6.45) is 6.29. The molecule has 2 nitrogen and oxygen atoms in total. The van der Waals surface area contributed by atoms with E-state index >= 15 is 0 Å². The van der Waals surface area contributed by atoms with E-state index in [9.17, 15) is 0 Å². The highest BCUT2D eigenvalue weighted by Gasteiger charge is 2.21. The molecule has 0 aliphatic heterocycles. The minimum absolute atomic E-state index is 0.689. The standard InChI is InChI=1S/C18H20O2/c1-3-19-17-13-9-5-7-11-15(13)18(20-4-2)16-12-8-6-10-14(16)17/h5-9,11H,3-4,10,12H2,1-2H3. The monoisotopic (exact) mass is 268 g/mol. The van der Waals surface area contributed by atoms with Crippen LogP contribution in [-0.4, -0.2) is 13.2 Å². The van der Waals surface area contributed by atoms with Crippen LogP contribution in [0.25, 0.3) is 10.8 Å². The zero-order valence-electron chi connectivity index (χ0n) is 12.1. The summed E-state index contributed by atoms with van der Waals surface area (Å²) in [5.74, 6) is 2.07. The predicted molar refractivity (Wildman–Crippen MR) is 82.8 cm³/mol. The Kier molecular flexibility index (Phi) is 3.64. The van der Waals surface area contributed by atoms with Crippen LogP contribution in [0.15, 0.2) is 36.4 Å². The van der Waals surface area contributed by atoms with Crippen LogP contribution in [0.5, 0.6) is 11.5 Å². The largest absolute Gasteiger partial charge is 0.493 e. The fourth-order valence-corrected chi connectivity index (χ4v) is 2.93. The van der Waals surface area contributed by atoms with E-state index in [-0.39, 0.29) is 0 Å². The summed E-state index contributed by atoms with van der Waals surface area (Å²) in [6.45, 7) is 5.45. The molecule has 3 rings (SSSR count). The van der Waals surface area contributed by atoms with Crippen LogP contribution >= 0.6 is 0 Å². The summed E-state index contributed by atoms with van der Waals surface area (Å²) >= 11 is 0. The molecule has 0 aromatic heterocycles. The summed E-state index contributed by atoms with van der Waals surface area (Å²) in [6, 6.07) is 8.38. The second kappa shape index (κ2) is 5.58. The van der Waals surface area contributed by atoms with Gasteiger partial charge in [0.1, 0.15) is 11.5 Å². The van der Waals surface area contributed by atoms with Crippen LogP contribution in [0, 0.1) is 0 Å². The number of fused-ring (bicyclic) bond motifs is 2. The van der Waals surface area contributed by atoms with Crippen molar-refractivity contribution < 1.29 is 9.47 Å². The summed E-state index contributed by atoms with van der Waals surface area (Å²) in [7, 11) is 0. The van der Waals surface area contributed by atoms with Crippen molar-refractivity contribution in [3.63, 3.8) is 0 Å². The second-order valence-corrected chi connectivity index (χ2v) is 4.91. The van der Waals surface area contributed by atoms with Gasteiger partial charge in [0, 0.05) is 21.9 Å². The van der Waals surface area contributed by atoms with Crippen molar-refractivity contribution >= 4 is 10.8 Å². The van der Waals surface area contributed by atoms with Crippen LogP contribution in [0.4, 0.5) is 0 Å². The van der Waals surface area contributed by atoms with Gasteiger partial charge in [-0.25, -0.2) is 0 Å². The van der Waals surface area contributed by atoms with Crippen LogP contribution < -0.4 is 9.47 Å². The van der Waals surface area contributed by atoms with Crippen molar-refractivity contribution in [3.8, 4) is 11.5 Å². The number of hydrogen-bond acceptors (Lipinski definition) is 2. The predicted octanol–water partition coefficient (Wildman–Crippen LogP) is 4.29. The Morgan fingerprint density at radius 1 is 0.800 bits per heavy atom. The Bertz CT molecular complexity index is 600. The molecule has 0 saturated carbocycles. The Labute approximate surface area is 120 Å². The first-order valence-electron chi connectivity index (χ1n) is 7.33. The molecule has 2 heteroatoms. The van der Waals surface area contributed by atoms with Crippen molar-refractivity contribution in [3.05, 3.63) is 47.5 Å². The normalized spacial score (nSPS) is 13.3. The molecule has 104 valence electrons. The lowest BCUT2D eigenvalue weighted by molar-refractivity contribution is 0.331. The molecule has 2 aromatic rings. The van der Waals surface area contributed by atoms with Gasteiger partial charge in [0.25, 0.3) is 0 Å². The van der Waals surface area contributed by atoms with Crippen molar-refractivity contribution in [2.24, 2.45) is 0 Å². The molecule has 0 heterocycles. The van der Waals surface area contributed by atoms with Gasteiger partial charge in [-0.1, -0.05) is 36.4 Å². The van der Waals surface area contributed by atoms with E-state index in [1.807, 2.05) is 13.8 Å². The van der Waals surface area contributed by atoms with Crippen molar-refractivity contribution in [1.82, 2.24) is 0 Å². The third-order valence-corrected chi connectivity index (χ3v) is 3.72. The van der Waals surface area contributed by atoms with Crippen LogP contribution in [0.1, 0.15) is 25.0 Å². The van der Waals surface area contributed by atoms with E-state index in [0.717, 1.165) is 35.1 Å². The third kappa shape index (κ3) is 2.05. The van der Waals surface area contributed by atoms with E-state index in [1.54, 1.807) is 0 Å². The van der Waals surface area contributed by atoms with E-state index in [1.165, 1.54) is 11.1 Å². The molecule has 0 amide bonds. The van der Waals surface area contributed by atoms with Gasteiger partial charge < -0.3 is 9.47 Å². The molecule has 0 fully saturated rings. The van der Waals surface area contributed by atoms with E-state index < -0.39 is 0 Å². The smallest absolute Gasteiger partial charge is 0.131 e. The summed E-state index contributed by atoms with van der Waals surface area (Å²) < 4.78 is 11.9. The molecule has 20 heavy (non-hydrogen) atoms. The maximum atomic E-state index is 5.96. The Hall–Kier alpha value is -1.96. The van der Waals surface area contributed by atoms with E-state index in [4.69, 9.17) is 9.47 Å². The van der Waals surface area contributed by atoms with Gasteiger partial charge in [-0.2, -0.15) is 0 Å². The molecule has 0 saturated heterocycles. The Morgan fingerprint density at radius 2 is 1.25 bits per heavy atom. The fourth-order valence-electron chi connectivity index (χ4n) is 2.93. The molecule has 0 unspecified atom stereocenters. The van der Waals surface area contributed by atoms with Gasteiger partial charge in [-0.3, -0.25) is 0 Å². The molecule has 0 spiro atoms. The van der Waals surface area contributed by atoms with Crippen molar-refractivity contribution in [2.45, 2.75) is 26.7 Å². The van der Waals surface area contributed by atoms with Crippen LogP contribution in [-0.2, 0) is 12.8 Å². The van der Waals surface area contributed by atoms with Gasteiger partial charge in [0.05, 0.1) is 13.2 Å². The topological polar surface area (TPSA) is 18.5 Å². The molecular weight excluding hydrogens is 248 g/mol. The van der Waals surface area contributed by atoms with Crippen molar-refractivity contribution in [1.29, 1.82) is 0 Å². The average molecular weight is 268 g/mol. The van der Waals surface area contributed by atoms with Crippen LogP contribution in [0.3, 0.4) is 0 Å². The second-order valence-electron chi connectivity index (χ2n) is 4.91. The lowest BCUT2D eigenvalue weighted by atomic mass is 9.90. The van der Waals surface area contributed by atoms with Crippen LogP contribution in [0.2, 0.25) is 0 Å². The van der Waals surface area contributed by atoms with Gasteiger partial charge in [-0.15, -0.1) is 0 Å². The molecule has 2 aromatic carbocycles. The number of ether oxygens (including phenoxy) is 2. The van der Waals surface area contributed by atoms with Gasteiger partial charge in [0.15, 0.2) is 0 Å². The zero-order valence-corrected chi connectivity index (χ0v) is 12.1. The minimum Gasteiger partial charge on any atom is -0.493 e. The Balaban J connectivity index is 2.34. The average Bonchev–Trinajstić information content (AvgIpc) is 2.50. The number of benzene rings is 2. The number of hydrogen-bond donors (Lipinski definition) is 0. The molecule has 1 aliphatic carbocycles. The summed E-state index contributed by atoms with van der Waals surface area (Å²) in [4.78, 5) is 0. The van der Waals surface area contributed by atoms with Gasteiger partial charge in [-0.05, 0) is 26.7 Å². The highest BCUT2D eigenvalue weighted by atomic mass is 16.5. The Morgan fingerprint density at radius 3 is 1.65 bits per heavy atom. The summed E-state index contributed by atoms with van der Waals surface area (Å²) in [5.41, 5.74) is 2.58. The third-order valence-electron chi connectivity index (χ3n) is 3.72. The number of rotatable bonds is 4. The first kappa shape index (κ1) is 13.0. The first-order valence-corrected chi connectivity index (χ1v) is 7.33. The first-order chi connectivity index (χ1) is 9.86. The molecule has 0 radical (unpaired) electrons. The molecule has 0 bridgehead atoms. The van der Waals surface area contributed by atoms with E-state index in [2.05, 4.69) is 36.4 Å². The fraction of sp³-hybridized carbons (Fsp3) is 0.333. The zero-order chi connectivity index (χ0) is 13.9. The quantitative estimate of drug-likeness (QED) is 0.770. The molecule has 1 aliphatic rings. The maximum Gasteiger partial charge on any atom is 0.131 e.